The van der Waals surface area contributed by atoms with Gasteiger partial charge in [0.25, 0.3) is 0 Å². The van der Waals surface area contributed by atoms with Gasteiger partial charge in [-0.15, -0.1) is 0 Å². The lowest BCUT2D eigenvalue weighted by Gasteiger charge is -2.12. The van der Waals surface area contributed by atoms with Gasteiger partial charge in [0.1, 0.15) is 0 Å². The van der Waals surface area contributed by atoms with Crippen LogP contribution < -0.4 is 0 Å². The molecule has 3 nitrogen and oxygen atoms in total. The summed E-state index contributed by atoms with van der Waals surface area (Å²) in [5.74, 6) is 0. The molecule has 0 heterocycles. The summed E-state index contributed by atoms with van der Waals surface area (Å²) in [7, 11) is -0.111. The van der Waals surface area contributed by atoms with Crippen LogP contribution in [0.15, 0.2) is 30.3 Å². The molecule has 0 atom stereocenters. The average Bonchev–Trinajstić information content (AvgIpc) is 2.33. The predicted octanol–water partition coefficient (Wildman–Crippen LogP) is 3.70. The zero-order valence-electron chi connectivity index (χ0n) is 9.77. The third kappa shape index (κ3) is 5.12. The van der Waals surface area contributed by atoms with Crippen molar-refractivity contribution in [3.05, 3.63) is 35.9 Å². The van der Waals surface area contributed by atoms with E-state index in [9.17, 15) is 4.57 Å². The maximum Gasteiger partial charge on any atom is 0.334 e. The van der Waals surface area contributed by atoms with Crippen molar-refractivity contribution in [2.45, 2.75) is 20.0 Å². The Labute approximate surface area is 92.0 Å². The fourth-order valence-corrected chi connectivity index (χ4v) is 2.08. The molecule has 0 aliphatic heterocycles. The normalized spacial score (nSPS) is 10.4. The number of hydrogen-bond acceptors (Lipinski definition) is 3. The molecule has 0 aliphatic carbocycles. The van der Waals surface area contributed by atoms with E-state index in [0.717, 1.165) is 5.56 Å². The topological polar surface area (TPSA) is 35.5 Å². The zero-order valence-corrected chi connectivity index (χ0v) is 10.7. The van der Waals surface area contributed by atoms with Crippen molar-refractivity contribution in [1.82, 2.24) is 0 Å². The van der Waals surface area contributed by atoms with Gasteiger partial charge < -0.3 is 9.05 Å². The van der Waals surface area contributed by atoms with Crippen LogP contribution in [-0.4, -0.2) is 14.2 Å². The van der Waals surface area contributed by atoms with E-state index in [-0.39, 0.29) is 0 Å². The molecule has 0 aliphatic rings. The molecule has 0 unspecified atom stereocenters. The van der Waals surface area contributed by atoms with Gasteiger partial charge in [-0.3, -0.25) is 4.57 Å². The van der Waals surface area contributed by atoms with Crippen LogP contribution in [0, 0.1) is 0 Å². The van der Waals surface area contributed by atoms with E-state index in [1.54, 1.807) is 0 Å². The Morgan fingerprint density at radius 2 is 1.53 bits per heavy atom. The summed E-state index contributed by atoms with van der Waals surface area (Å²) in [6, 6.07) is 9.49. The first-order valence-electron chi connectivity index (χ1n) is 4.94. The lowest BCUT2D eigenvalue weighted by Crippen LogP contribution is -1.92. The monoisotopic (exact) mass is 230 g/mol. The van der Waals surface area contributed by atoms with E-state index in [4.69, 9.17) is 9.05 Å². The Morgan fingerprint density at radius 3 is 1.93 bits per heavy atom. The van der Waals surface area contributed by atoms with Gasteiger partial charge >= 0.3 is 7.60 Å². The molecule has 0 saturated carbocycles. The Bertz CT molecular complexity index is 290. The van der Waals surface area contributed by atoms with Crippen LogP contribution in [0.3, 0.4) is 0 Å². The van der Waals surface area contributed by atoms with Crippen LogP contribution in [0.2, 0.25) is 0 Å². The van der Waals surface area contributed by atoms with Crippen molar-refractivity contribution in [3.8, 4) is 0 Å². The molecule has 1 rings (SSSR count). The first-order valence-corrected chi connectivity index (χ1v) is 6.67. The minimum Gasteiger partial charge on any atom is -0.312 e. The molecule has 0 amide bonds. The van der Waals surface area contributed by atoms with Gasteiger partial charge in [-0.2, -0.15) is 0 Å². The van der Waals surface area contributed by atoms with Crippen molar-refractivity contribution in [3.63, 3.8) is 0 Å². The first kappa shape index (κ1) is 14.4. The van der Waals surface area contributed by atoms with E-state index in [1.165, 1.54) is 14.2 Å². The summed E-state index contributed by atoms with van der Waals surface area (Å²) in [5.41, 5.74) is 0.953. The van der Waals surface area contributed by atoms with E-state index >= 15 is 0 Å². The fourth-order valence-electron chi connectivity index (χ4n) is 1.01. The summed E-state index contributed by atoms with van der Waals surface area (Å²) in [6.07, 6.45) is 0.320. The van der Waals surface area contributed by atoms with Gasteiger partial charge in [0, 0.05) is 14.2 Å². The molecular formula is C11H19O3P. The van der Waals surface area contributed by atoms with Crippen molar-refractivity contribution < 1.29 is 13.6 Å². The molecule has 1 aromatic rings. The second kappa shape index (κ2) is 7.63. The smallest absolute Gasteiger partial charge is 0.312 e. The third-order valence-electron chi connectivity index (χ3n) is 1.78. The summed E-state index contributed by atoms with van der Waals surface area (Å²) in [5, 5.41) is 0. The van der Waals surface area contributed by atoms with Crippen LogP contribution in [-0.2, 0) is 19.8 Å². The molecular weight excluding hydrogens is 211 g/mol. The first-order chi connectivity index (χ1) is 7.20. The van der Waals surface area contributed by atoms with Gasteiger partial charge in [-0.1, -0.05) is 44.2 Å². The van der Waals surface area contributed by atoms with Gasteiger partial charge in [0.05, 0.1) is 6.16 Å². The highest BCUT2D eigenvalue weighted by Gasteiger charge is 2.20. The molecule has 4 heteroatoms. The standard InChI is InChI=1S/C9H13O3P.C2H6/c1-11-13(10,12-2)8-9-6-4-3-5-7-9;1-2/h3-7H,8H2,1-2H3;1-2H3. The Hall–Kier alpha value is -0.630. The summed E-state index contributed by atoms with van der Waals surface area (Å²) in [6.45, 7) is 4.00. The van der Waals surface area contributed by atoms with Crippen molar-refractivity contribution in [2.24, 2.45) is 0 Å². The van der Waals surface area contributed by atoms with Crippen molar-refractivity contribution in [1.29, 1.82) is 0 Å². The van der Waals surface area contributed by atoms with E-state index in [1.807, 2.05) is 44.2 Å². The van der Waals surface area contributed by atoms with Gasteiger partial charge in [0.2, 0.25) is 0 Å². The molecule has 0 N–H and O–H groups in total. The maximum absolute atomic E-state index is 11.7. The largest absolute Gasteiger partial charge is 0.334 e. The summed E-state index contributed by atoms with van der Waals surface area (Å²) >= 11 is 0. The van der Waals surface area contributed by atoms with Gasteiger partial charge in [0.15, 0.2) is 0 Å². The quantitative estimate of drug-likeness (QED) is 0.740. The highest BCUT2D eigenvalue weighted by molar-refractivity contribution is 7.52. The highest BCUT2D eigenvalue weighted by atomic mass is 31.2. The molecule has 0 aromatic heterocycles. The van der Waals surface area contributed by atoms with Crippen LogP contribution in [0.4, 0.5) is 0 Å². The fraction of sp³-hybridized carbons (Fsp3) is 0.455. The maximum atomic E-state index is 11.7. The van der Waals surface area contributed by atoms with Crippen LogP contribution >= 0.6 is 7.60 Å². The van der Waals surface area contributed by atoms with Crippen LogP contribution in [0.5, 0.6) is 0 Å². The van der Waals surface area contributed by atoms with Crippen molar-refractivity contribution in [2.75, 3.05) is 14.2 Å². The lowest BCUT2D eigenvalue weighted by molar-refractivity contribution is 0.275. The Balaban J connectivity index is 0.000000921. The SMILES string of the molecule is CC.COP(=O)(Cc1ccccc1)OC. The lowest BCUT2D eigenvalue weighted by atomic mass is 10.2. The van der Waals surface area contributed by atoms with Gasteiger partial charge in [-0.05, 0) is 5.56 Å². The van der Waals surface area contributed by atoms with Crippen LogP contribution in [0.1, 0.15) is 19.4 Å². The minimum absolute atomic E-state index is 0.320. The van der Waals surface area contributed by atoms with Crippen LogP contribution in [0.25, 0.3) is 0 Å². The molecule has 0 radical (unpaired) electrons. The Kier molecular flexibility index (Phi) is 7.31. The zero-order chi connectivity index (χ0) is 11.7. The molecule has 0 fully saturated rings. The number of hydrogen-bond donors (Lipinski definition) is 0. The molecule has 0 spiro atoms. The van der Waals surface area contributed by atoms with E-state index in [2.05, 4.69) is 0 Å². The van der Waals surface area contributed by atoms with E-state index < -0.39 is 7.60 Å². The van der Waals surface area contributed by atoms with Crippen molar-refractivity contribution >= 4 is 7.60 Å². The third-order valence-corrected chi connectivity index (χ3v) is 3.64. The minimum atomic E-state index is -2.90. The summed E-state index contributed by atoms with van der Waals surface area (Å²) in [4.78, 5) is 0. The van der Waals surface area contributed by atoms with Gasteiger partial charge in [-0.25, -0.2) is 0 Å². The molecule has 15 heavy (non-hydrogen) atoms. The molecule has 86 valence electrons. The number of rotatable bonds is 4. The molecule has 0 saturated heterocycles. The highest BCUT2D eigenvalue weighted by Crippen LogP contribution is 2.49. The number of benzene rings is 1. The molecule has 1 aromatic carbocycles. The predicted molar refractivity (Wildman–Crippen MR) is 63.1 cm³/mol. The van der Waals surface area contributed by atoms with E-state index in [0.29, 0.717) is 6.16 Å². The average molecular weight is 230 g/mol. The summed E-state index contributed by atoms with van der Waals surface area (Å²) < 4.78 is 21.3. The second-order valence-corrected chi connectivity index (χ2v) is 4.89. The second-order valence-electron chi connectivity index (χ2n) is 2.62. The molecule has 0 bridgehead atoms. The Morgan fingerprint density at radius 1 is 1.07 bits per heavy atom.